The molecule has 1 atom stereocenters. The highest BCUT2D eigenvalue weighted by atomic mass is 16.2. The Bertz CT molecular complexity index is 666. The summed E-state index contributed by atoms with van der Waals surface area (Å²) in [6.45, 7) is 1.86. The summed E-state index contributed by atoms with van der Waals surface area (Å²) in [5.41, 5.74) is 7.77. The van der Waals surface area contributed by atoms with Gasteiger partial charge >= 0.3 is 0 Å². The third-order valence-electron chi connectivity index (χ3n) is 2.96. The number of nitrogens with zero attached hydrogens (tertiary/aromatic N) is 3. The van der Waals surface area contributed by atoms with E-state index in [9.17, 15) is 4.79 Å². The number of nitrogens with one attached hydrogen (secondary N) is 1. The van der Waals surface area contributed by atoms with Crippen molar-refractivity contribution in [1.82, 2.24) is 15.1 Å². The van der Waals surface area contributed by atoms with E-state index in [2.05, 4.69) is 16.5 Å². The maximum atomic E-state index is 12.1. The smallest absolute Gasteiger partial charge is 0.274 e. The molecule has 0 aliphatic heterocycles. The average Bonchev–Trinajstić information content (AvgIpc) is 2.78. The highest BCUT2D eigenvalue weighted by Crippen LogP contribution is 2.15. The Balaban J connectivity index is 2.11. The molecule has 0 saturated carbocycles. The summed E-state index contributed by atoms with van der Waals surface area (Å²) in [5, 5.41) is 15.6. The van der Waals surface area contributed by atoms with Gasteiger partial charge in [-0.15, -0.1) is 0 Å². The van der Waals surface area contributed by atoms with E-state index in [0.29, 0.717) is 11.3 Å². The molecule has 2 aromatic rings. The molecule has 2 rings (SSSR count). The topological polar surface area (TPSA) is 96.7 Å². The molecule has 1 heterocycles. The van der Waals surface area contributed by atoms with Crippen LogP contribution in [0.25, 0.3) is 0 Å². The standard InChI is InChI=1S/C14H15N5O/c1-9(11-5-3-10(7-15)4-6-11)17-14(20)13-12(16)8-19(2)18-13/h3-6,8-9H,16H2,1-2H3,(H,17,20). The van der Waals surface area contributed by atoms with Crippen LogP contribution in [0.5, 0.6) is 0 Å². The maximum Gasteiger partial charge on any atom is 0.274 e. The molecular weight excluding hydrogens is 254 g/mol. The number of hydrogen-bond acceptors (Lipinski definition) is 4. The molecule has 0 aliphatic carbocycles. The minimum absolute atomic E-state index is 0.198. The van der Waals surface area contributed by atoms with Gasteiger partial charge in [-0.05, 0) is 24.6 Å². The van der Waals surface area contributed by atoms with E-state index < -0.39 is 0 Å². The quantitative estimate of drug-likeness (QED) is 0.879. The highest BCUT2D eigenvalue weighted by Gasteiger charge is 2.16. The predicted molar refractivity (Wildman–Crippen MR) is 74.7 cm³/mol. The fourth-order valence-corrected chi connectivity index (χ4v) is 1.88. The Labute approximate surface area is 116 Å². The van der Waals surface area contributed by atoms with E-state index in [4.69, 9.17) is 11.0 Å². The van der Waals surface area contributed by atoms with Gasteiger partial charge in [-0.3, -0.25) is 9.48 Å². The summed E-state index contributed by atoms with van der Waals surface area (Å²) < 4.78 is 1.50. The number of aromatic nitrogens is 2. The number of nitrogen functional groups attached to an aromatic ring is 1. The first-order valence-corrected chi connectivity index (χ1v) is 6.11. The van der Waals surface area contributed by atoms with Gasteiger partial charge in [0.05, 0.1) is 23.4 Å². The largest absolute Gasteiger partial charge is 0.396 e. The van der Waals surface area contributed by atoms with Crippen LogP contribution in [0.4, 0.5) is 5.69 Å². The van der Waals surface area contributed by atoms with Crippen LogP contribution in [-0.2, 0) is 7.05 Å². The number of hydrogen-bond donors (Lipinski definition) is 2. The van der Waals surface area contributed by atoms with Crippen molar-refractivity contribution in [2.24, 2.45) is 7.05 Å². The molecule has 1 amide bonds. The second-order valence-electron chi connectivity index (χ2n) is 4.54. The second-order valence-corrected chi connectivity index (χ2v) is 4.54. The minimum atomic E-state index is -0.319. The number of nitriles is 1. The Morgan fingerprint density at radius 1 is 1.45 bits per heavy atom. The number of carbonyl (C=O) groups is 1. The molecule has 0 fully saturated rings. The monoisotopic (exact) mass is 269 g/mol. The first-order valence-electron chi connectivity index (χ1n) is 6.11. The summed E-state index contributed by atoms with van der Waals surface area (Å²) in [6, 6.07) is 8.91. The lowest BCUT2D eigenvalue weighted by Gasteiger charge is -2.13. The molecule has 20 heavy (non-hydrogen) atoms. The Kier molecular flexibility index (Phi) is 3.71. The van der Waals surface area contributed by atoms with Crippen LogP contribution in [0.3, 0.4) is 0 Å². The van der Waals surface area contributed by atoms with Crippen LogP contribution in [0, 0.1) is 11.3 Å². The van der Waals surface area contributed by atoms with Crippen molar-refractivity contribution in [3.63, 3.8) is 0 Å². The summed E-state index contributed by atoms with van der Waals surface area (Å²) in [5.74, 6) is -0.319. The van der Waals surface area contributed by atoms with E-state index in [-0.39, 0.29) is 17.6 Å². The molecule has 6 nitrogen and oxygen atoms in total. The summed E-state index contributed by atoms with van der Waals surface area (Å²) in [4.78, 5) is 12.1. The van der Waals surface area contributed by atoms with Crippen LogP contribution in [-0.4, -0.2) is 15.7 Å². The Hall–Kier alpha value is -2.81. The molecule has 6 heteroatoms. The molecule has 0 spiro atoms. The zero-order chi connectivity index (χ0) is 14.7. The lowest BCUT2D eigenvalue weighted by molar-refractivity contribution is 0.0935. The molecule has 0 saturated heterocycles. The number of rotatable bonds is 3. The van der Waals surface area contributed by atoms with Crippen LogP contribution < -0.4 is 11.1 Å². The third kappa shape index (κ3) is 2.78. The first-order chi connectivity index (χ1) is 9.51. The SMILES string of the molecule is CC(NC(=O)c1nn(C)cc1N)c1ccc(C#N)cc1. The lowest BCUT2D eigenvalue weighted by Crippen LogP contribution is -2.27. The second kappa shape index (κ2) is 5.45. The Morgan fingerprint density at radius 3 is 2.60 bits per heavy atom. The molecule has 102 valence electrons. The van der Waals surface area contributed by atoms with Gasteiger partial charge in [0.15, 0.2) is 5.69 Å². The van der Waals surface area contributed by atoms with Crippen molar-refractivity contribution in [3.8, 4) is 6.07 Å². The van der Waals surface area contributed by atoms with Gasteiger partial charge in [0.1, 0.15) is 0 Å². The van der Waals surface area contributed by atoms with Gasteiger partial charge in [0.25, 0.3) is 5.91 Å². The third-order valence-corrected chi connectivity index (χ3v) is 2.96. The molecule has 0 bridgehead atoms. The normalized spacial score (nSPS) is 11.7. The fraction of sp³-hybridized carbons (Fsp3) is 0.214. The van der Waals surface area contributed by atoms with Crippen LogP contribution in [0.1, 0.15) is 34.6 Å². The first kappa shape index (κ1) is 13.6. The minimum Gasteiger partial charge on any atom is -0.396 e. The van der Waals surface area contributed by atoms with Gasteiger partial charge in [-0.2, -0.15) is 10.4 Å². The van der Waals surface area contributed by atoms with Gasteiger partial charge in [-0.1, -0.05) is 12.1 Å². The molecule has 0 aliphatic rings. The number of benzene rings is 1. The van der Waals surface area contributed by atoms with Crippen LogP contribution in [0.15, 0.2) is 30.5 Å². The van der Waals surface area contributed by atoms with Gasteiger partial charge < -0.3 is 11.1 Å². The number of amides is 1. The van der Waals surface area contributed by atoms with Crippen molar-refractivity contribution < 1.29 is 4.79 Å². The molecule has 1 aromatic heterocycles. The molecule has 3 N–H and O–H groups in total. The van der Waals surface area contributed by atoms with E-state index in [1.807, 2.05) is 19.1 Å². The van der Waals surface area contributed by atoms with Crippen molar-refractivity contribution in [2.75, 3.05) is 5.73 Å². The van der Waals surface area contributed by atoms with E-state index in [0.717, 1.165) is 5.56 Å². The van der Waals surface area contributed by atoms with Crippen molar-refractivity contribution >= 4 is 11.6 Å². The fourth-order valence-electron chi connectivity index (χ4n) is 1.88. The molecule has 0 radical (unpaired) electrons. The zero-order valence-electron chi connectivity index (χ0n) is 11.3. The molecular formula is C14H15N5O. The van der Waals surface area contributed by atoms with E-state index in [1.165, 1.54) is 4.68 Å². The number of nitrogens with two attached hydrogens (primary N) is 1. The molecule has 1 aromatic carbocycles. The lowest BCUT2D eigenvalue weighted by atomic mass is 10.1. The summed E-state index contributed by atoms with van der Waals surface area (Å²) >= 11 is 0. The Morgan fingerprint density at radius 2 is 2.10 bits per heavy atom. The van der Waals surface area contributed by atoms with Gasteiger partial charge in [0, 0.05) is 13.2 Å². The van der Waals surface area contributed by atoms with Crippen molar-refractivity contribution in [3.05, 3.63) is 47.3 Å². The summed E-state index contributed by atoms with van der Waals surface area (Å²) in [7, 11) is 1.71. The summed E-state index contributed by atoms with van der Waals surface area (Å²) in [6.07, 6.45) is 1.58. The maximum absolute atomic E-state index is 12.1. The number of carbonyl (C=O) groups excluding carboxylic acids is 1. The van der Waals surface area contributed by atoms with Crippen LogP contribution in [0.2, 0.25) is 0 Å². The van der Waals surface area contributed by atoms with Crippen molar-refractivity contribution in [1.29, 1.82) is 5.26 Å². The average molecular weight is 269 g/mol. The van der Waals surface area contributed by atoms with E-state index in [1.54, 1.807) is 25.4 Å². The number of aryl methyl sites for hydroxylation is 1. The highest BCUT2D eigenvalue weighted by molar-refractivity contribution is 5.97. The van der Waals surface area contributed by atoms with Crippen molar-refractivity contribution in [2.45, 2.75) is 13.0 Å². The number of anilines is 1. The predicted octanol–water partition coefficient (Wildman–Crippen LogP) is 1.36. The van der Waals surface area contributed by atoms with Gasteiger partial charge in [0.2, 0.25) is 0 Å². The van der Waals surface area contributed by atoms with Gasteiger partial charge in [-0.25, -0.2) is 0 Å². The zero-order valence-corrected chi connectivity index (χ0v) is 11.3. The molecule has 1 unspecified atom stereocenters. The van der Waals surface area contributed by atoms with Crippen LogP contribution >= 0.6 is 0 Å². The van der Waals surface area contributed by atoms with E-state index >= 15 is 0 Å².